The molecule has 0 spiro atoms. The van der Waals surface area contributed by atoms with Crippen LogP contribution in [0.1, 0.15) is 19.4 Å². The fraction of sp³-hybridized carbons (Fsp3) is 0.267. The summed E-state index contributed by atoms with van der Waals surface area (Å²) in [5.74, 6) is 1.03. The zero-order valence-electron chi connectivity index (χ0n) is 10.2. The Labute approximate surface area is 107 Å². The van der Waals surface area contributed by atoms with Gasteiger partial charge in [-0.3, -0.25) is 4.98 Å². The topological polar surface area (TPSA) is 12.9 Å². The Morgan fingerprint density at radius 2 is 2.06 bits per heavy atom. The van der Waals surface area contributed by atoms with E-state index in [0.29, 0.717) is 11.8 Å². The maximum Gasteiger partial charge on any atom is 0.0439 e. The third-order valence-electron chi connectivity index (χ3n) is 2.94. The van der Waals surface area contributed by atoms with Crippen molar-refractivity contribution in [3.8, 4) is 0 Å². The van der Waals surface area contributed by atoms with Gasteiger partial charge in [-0.25, -0.2) is 0 Å². The number of aromatic nitrogens is 1. The van der Waals surface area contributed by atoms with E-state index >= 15 is 0 Å². The smallest absolute Gasteiger partial charge is 0.0439 e. The maximum atomic E-state index is 5.97. The minimum atomic E-state index is 0.464. The molecule has 1 nitrogen and oxygen atoms in total. The van der Waals surface area contributed by atoms with Gasteiger partial charge in [0.05, 0.1) is 0 Å². The molecule has 0 aliphatic heterocycles. The maximum absolute atomic E-state index is 5.97. The number of allylic oxidation sites excluding steroid dienone is 1. The Kier molecular flexibility index (Phi) is 3.80. The van der Waals surface area contributed by atoms with E-state index in [1.54, 1.807) is 0 Å². The van der Waals surface area contributed by atoms with Crippen molar-refractivity contribution in [2.45, 2.75) is 13.8 Å². The van der Waals surface area contributed by atoms with Gasteiger partial charge in [0, 0.05) is 29.2 Å². The van der Waals surface area contributed by atoms with E-state index in [0.717, 1.165) is 5.56 Å². The van der Waals surface area contributed by atoms with Gasteiger partial charge < -0.3 is 0 Å². The van der Waals surface area contributed by atoms with Crippen LogP contribution in [-0.4, -0.2) is 10.9 Å². The molecule has 0 atom stereocenters. The molecular formula is C15H16ClN. The number of hydrogen-bond donors (Lipinski definition) is 0. The van der Waals surface area contributed by atoms with Crippen molar-refractivity contribution in [1.29, 1.82) is 0 Å². The molecule has 2 rings (SSSR count). The molecule has 1 aromatic heterocycles. The highest BCUT2D eigenvalue weighted by molar-refractivity contribution is 6.19. The molecule has 0 aliphatic rings. The number of benzene rings is 1. The molecule has 1 heterocycles. The fourth-order valence-electron chi connectivity index (χ4n) is 1.81. The first kappa shape index (κ1) is 12.1. The average molecular weight is 246 g/mol. The Balaban J connectivity index is 2.56. The molecule has 0 aliphatic carbocycles. The molecule has 0 bridgehead atoms. The summed E-state index contributed by atoms with van der Waals surface area (Å²) in [6.07, 6.45) is 5.95. The second kappa shape index (κ2) is 5.33. The third-order valence-corrected chi connectivity index (χ3v) is 3.24. The van der Waals surface area contributed by atoms with Crippen LogP contribution < -0.4 is 0 Å². The van der Waals surface area contributed by atoms with Crippen molar-refractivity contribution >= 4 is 28.4 Å². The van der Waals surface area contributed by atoms with E-state index in [4.69, 9.17) is 11.6 Å². The van der Waals surface area contributed by atoms with Gasteiger partial charge in [0.1, 0.15) is 0 Å². The Hall–Kier alpha value is -1.34. The molecule has 0 N–H and O–H groups in total. The minimum absolute atomic E-state index is 0.464. The van der Waals surface area contributed by atoms with Crippen LogP contribution in [0.4, 0.5) is 0 Å². The summed E-state index contributed by atoms with van der Waals surface area (Å²) < 4.78 is 0. The van der Waals surface area contributed by atoms with Crippen LogP contribution in [0.15, 0.2) is 42.2 Å². The van der Waals surface area contributed by atoms with E-state index in [-0.39, 0.29) is 0 Å². The molecule has 17 heavy (non-hydrogen) atoms. The van der Waals surface area contributed by atoms with E-state index in [1.165, 1.54) is 16.3 Å². The second-order valence-electron chi connectivity index (χ2n) is 4.46. The van der Waals surface area contributed by atoms with Gasteiger partial charge in [-0.15, -0.1) is 11.6 Å². The zero-order valence-corrected chi connectivity index (χ0v) is 10.9. The summed E-state index contributed by atoms with van der Waals surface area (Å²) in [7, 11) is 0. The molecule has 0 radical (unpaired) electrons. The monoisotopic (exact) mass is 245 g/mol. The first-order valence-electron chi connectivity index (χ1n) is 5.81. The van der Waals surface area contributed by atoms with E-state index in [9.17, 15) is 0 Å². The highest BCUT2D eigenvalue weighted by Crippen LogP contribution is 2.22. The van der Waals surface area contributed by atoms with E-state index in [2.05, 4.69) is 43.1 Å². The molecule has 0 amide bonds. The normalized spacial score (nSPS) is 12.4. The number of hydrogen-bond acceptors (Lipinski definition) is 1. The molecule has 0 fully saturated rings. The summed E-state index contributed by atoms with van der Waals surface area (Å²) in [5.41, 5.74) is 2.39. The lowest BCUT2D eigenvalue weighted by atomic mass is 10.00. The highest BCUT2D eigenvalue weighted by Gasteiger charge is 2.04. The van der Waals surface area contributed by atoms with Gasteiger partial charge in [0.2, 0.25) is 0 Å². The van der Waals surface area contributed by atoms with Gasteiger partial charge in [-0.2, -0.15) is 0 Å². The zero-order chi connectivity index (χ0) is 12.3. The summed E-state index contributed by atoms with van der Waals surface area (Å²) in [6.45, 7) is 4.32. The number of halogens is 1. The van der Waals surface area contributed by atoms with Crippen molar-refractivity contribution in [3.63, 3.8) is 0 Å². The molecule has 2 aromatic rings. The first-order chi connectivity index (χ1) is 8.22. The molecule has 0 saturated carbocycles. The summed E-state index contributed by atoms with van der Waals surface area (Å²) >= 11 is 5.97. The summed E-state index contributed by atoms with van der Waals surface area (Å²) in [6, 6.07) is 8.28. The average Bonchev–Trinajstić information content (AvgIpc) is 2.35. The van der Waals surface area contributed by atoms with E-state index in [1.807, 2.05) is 18.5 Å². The van der Waals surface area contributed by atoms with Crippen molar-refractivity contribution < 1.29 is 0 Å². The van der Waals surface area contributed by atoms with Crippen LogP contribution in [0.3, 0.4) is 0 Å². The minimum Gasteiger partial charge on any atom is -0.263 e. The van der Waals surface area contributed by atoms with Gasteiger partial charge in [0.25, 0.3) is 0 Å². The van der Waals surface area contributed by atoms with Crippen LogP contribution in [0.5, 0.6) is 0 Å². The van der Waals surface area contributed by atoms with Crippen molar-refractivity contribution in [2.75, 3.05) is 5.88 Å². The summed E-state index contributed by atoms with van der Waals surface area (Å²) in [5, 5.41) is 2.39. The van der Waals surface area contributed by atoms with Crippen LogP contribution in [-0.2, 0) is 0 Å². The lowest BCUT2D eigenvalue weighted by Crippen LogP contribution is -1.95. The van der Waals surface area contributed by atoms with Crippen molar-refractivity contribution in [1.82, 2.24) is 4.98 Å². The first-order valence-corrected chi connectivity index (χ1v) is 6.35. The van der Waals surface area contributed by atoms with Crippen LogP contribution in [0.25, 0.3) is 16.8 Å². The van der Waals surface area contributed by atoms with Crippen LogP contribution >= 0.6 is 11.6 Å². The quantitative estimate of drug-likeness (QED) is 0.725. The predicted molar refractivity (Wildman–Crippen MR) is 75.3 cm³/mol. The number of pyridine rings is 1. The fourth-order valence-corrected chi connectivity index (χ4v) is 2.20. The number of nitrogens with zero attached hydrogens (tertiary/aromatic N) is 1. The Morgan fingerprint density at radius 1 is 1.29 bits per heavy atom. The van der Waals surface area contributed by atoms with Gasteiger partial charge in [-0.1, -0.05) is 49.8 Å². The highest BCUT2D eigenvalue weighted by atomic mass is 35.5. The largest absolute Gasteiger partial charge is 0.263 e. The molecular weight excluding hydrogens is 230 g/mol. The SMILES string of the molecule is CC(C)/C(=C/c1cncc2ccccc12)CCl. The number of fused-ring (bicyclic) bond motifs is 1. The number of alkyl halides is 1. The Morgan fingerprint density at radius 3 is 2.76 bits per heavy atom. The number of rotatable bonds is 3. The standard InChI is InChI=1S/C15H16ClN/c1-11(2)13(8-16)7-14-10-17-9-12-5-3-4-6-15(12)14/h3-7,9-11H,8H2,1-2H3/b13-7+. The third kappa shape index (κ3) is 2.67. The lowest BCUT2D eigenvalue weighted by Gasteiger charge is -2.09. The van der Waals surface area contributed by atoms with Crippen LogP contribution in [0.2, 0.25) is 0 Å². The second-order valence-corrected chi connectivity index (χ2v) is 4.72. The molecule has 88 valence electrons. The van der Waals surface area contributed by atoms with Crippen LogP contribution in [0, 0.1) is 5.92 Å². The predicted octanol–water partition coefficient (Wildman–Crippen LogP) is 4.51. The van der Waals surface area contributed by atoms with Gasteiger partial charge >= 0.3 is 0 Å². The summed E-state index contributed by atoms with van der Waals surface area (Å²) in [4.78, 5) is 4.27. The molecule has 2 heteroatoms. The van der Waals surface area contributed by atoms with E-state index < -0.39 is 0 Å². The van der Waals surface area contributed by atoms with Gasteiger partial charge in [-0.05, 0) is 11.3 Å². The molecule has 0 saturated heterocycles. The lowest BCUT2D eigenvalue weighted by molar-refractivity contribution is 0.778. The van der Waals surface area contributed by atoms with Crippen molar-refractivity contribution in [3.05, 3.63) is 47.8 Å². The van der Waals surface area contributed by atoms with Crippen molar-refractivity contribution in [2.24, 2.45) is 5.92 Å². The molecule has 0 unspecified atom stereocenters. The molecule has 1 aromatic carbocycles. The Bertz CT molecular complexity index is 538. The van der Waals surface area contributed by atoms with Gasteiger partial charge in [0.15, 0.2) is 0 Å².